The molecule has 192 valence electrons. The van der Waals surface area contributed by atoms with Gasteiger partial charge in [-0.3, -0.25) is 29.5 Å². The van der Waals surface area contributed by atoms with E-state index in [-0.39, 0.29) is 23.5 Å². The van der Waals surface area contributed by atoms with Crippen LogP contribution in [0.1, 0.15) is 42.5 Å². The number of morpholine rings is 1. The summed E-state index contributed by atoms with van der Waals surface area (Å²) in [5.41, 5.74) is 0.427. The Hall–Kier alpha value is -2.56. The van der Waals surface area contributed by atoms with Gasteiger partial charge in [0, 0.05) is 63.5 Å². The van der Waals surface area contributed by atoms with Crippen LogP contribution in [-0.4, -0.2) is 103 Å². The summed E-state index contributed by atoms with van der Waals surface area (Å²) in [5.74, 6) is 0.365. The Morgan fingerprint density at radius 1 is 1.03 bits per heavy atom. The van der Waals surface area contributed by atoms with Gasteiger partial charge >= 0.3 is 0 Å². The molecule has 2 amide bonds. The third-order valence-electron chi connectivity index (χ3n) is 7.49. The minimum absolute atomic E-state index is 0.0262. The number of nitro groups is 1. The van der Waals surface area contributed by atoms with Crippen LogP contribution in [-0.2, 0) is 9.53 Å². The van der Waals surface area contributed by atoms with E-state index in [1.54, 1.807) is 4.90 Å². The van der Waals surface area contributed by atoms with Gasteiger partial charge in [0.2, 0.25) is 5.91 Å². The highest BCUT2D eigenvalue weighted by Gasteiger charge is 2.37. The van der Waals surface area contributed by atoms with Crippen LogP contribution in [0.5, 0.6) is 0 Å². The smallest absolute Gasteiger partial charge is 0.269 e. The van der Waals surface area contributed by atoms with Crippen LogP contribution in [0.25, 0.3) is 0 Å². The van der Waals surface area contributed by atoms with E-state index in [0.29, 0.717) is 44.2 Å². The van der Waals surface area contributed by atoms with Crippen molar-refractivity contribution in [1.82, 2.24) is 20.0 Å². The zero-order chi connectivity index (χ0) is 24.6. The molecule has 10 nitrogen and oxygen atoms in total. The van der Waals surface area contributed by atoms with Gasteiger partial charge in [0.25, 0.3) is 11.6 Å². The van der Waals surface area contributed by atoms with Crippen LogP contribution < -0.4 is 5.32 Å². The molecule has 10 heteroatoms. The van der Waals surface area contributed by atoms with Crippen LogP contribution >= 0.6 is 0 Å². The predicted octanol–water partition coefficient (Wildman–Crippen LogP) is 1.75. The predicted molar refractivity (Wildman–Crippen MR) is 131 cm³/mol. The third kappa shape index (κ3) is 6.77. The van der Waals surface area contributed by atoms with E-state index in [1.165, 1.54) is 37.1 Å². The second-order valence-corrected chi connectivity index (χ2v) is 9.72. The highest BCUT2D eigenvalue weighted by molar-refractivity contribution is 5.94. The van der Waals surface area contributed by atoms with E-state index in [0.717, 1.165) is 52.1 Å². The third-order valence-corrected chi connectivity index (χ3v) is 7.49. The Bertz CT molecular complexity index is 860. The molecule has 2 saturated heterocycles. The molecule has 1 atom stereocenters. The van der Waals surface area contributed by atoms with Crippen molar-refractivity contribution in [1.29, 1.82) is 0 Å². The maximum absolute atomic E-state index is 13.3. The van der Waals surface area contributed by atoms with E-state index in [2.05, 4.69) is 15.1 Å². The van der Waals surface area contributed by atoms with Crippen LogP contribution in [0.15, 0.2) is 24.3 Å². The number of carbonyl (C=O) groups excluding carboxylic acids is 2. The van der Waals surface area contributed by atoms with Crippen LogP contribution in [0.4, 0.5) is 5.69 Å². The number of rotatable bonds is 9. The number of piperazine rings is 1. The fourth-order valence-corrected chi connectivity index (χ4v) is 5.51. The van der Waals surface area contributed by atoms with E-state index >= 15 is 0 Å². The van der Waals surface area contributed by atoms with Crippen molar-refractivity contribution in [2.24, 2.45) is 5.92 Å². The lowest BCUT2D eigenvalue weighted by Gasteiger charge is -2.40. The summed E-state index contributed by atoms with van der Waals surface area (Å²) in [7, 11) is 0. The average Bonchev–Trinajstić information content (AvgIpc) is 3.42. The fraction of sp³-hybridized carbons (Fsp3) is 0.680. The van der Waals surface area contributed by atoms with E-state index < -0.39 is 4.92 Å². The number of non-ortho nitro benzene ring substituents is 1. The Balaban J connectivity index is 1.28. The van der Waals surface area contributed by atoms with Crippen LogP contribution in [0.3, 0.4) is 0 Å². The normalized spacial score (nSPS) is 21.1. The maximum Gasteiger partial charge on any atom is 0.269 e. The standard InChI is InChI=1S/C25H37N5O5/c31-24(26-10-3-11-27-16-18-35-19-17-27)23(20-4-1-2-5-20)28-12-14-29(15-13-28)25(32)21-6-8-22(9-7-21)30(33)34/h6-9,20,23H,1-5,10-19H2,(H,26,31)/t23-/m0/s1. The molecule has 0 radical (unpaired) electrons. The van der Waals surface area contributed by atoms with Crippen LogP contribution in [0, 0.1) is 16.0 Å². The minimum Gasteiger partial charge on any atom is -0.379 e. The molecule has 0 spiro atoms. The molecule has 2 aliphatic heterocycles. The van der Waals surface area contributed by atoms with Gasteiger partial charge in [0.15, 0.2) is 0 Å². The van der Waals surface area contributed by atoms with Gasteiger partial charge in [-0.05, 0) is 43.9 Å². The second kappa shape index (κ2) is 12.4. The van der Waals surface area contributed by atoms with Gasteiger partial charge in [-0.1, -0.05) is 12.8 Å². The van der Waals surface area contributed by atoms with Crippen molar-refractivity contribution in [3.63, 3.8) is 0 Å². The topological polar surface area (TPSA) is 108 Å². The minimum atomic E-state index is -0.468. The first-order chi connectivity index (χ1) is 17.0. The van der Waals surface area contributed by atoms with Gasteiger partial charge in [0.05, 0.1) is 24.2 Å². The number of hydrogen-bond acceptors (Lipinski definition) is 7. The lowest BCUT2D eigenvalue weighted by Crippen LogP contribution is -2.58. The number of nitro benzene ring substituents is 1. The zero-order valence-electron chi connectivity index (χ0n) is 20.4. The molecule has 1 aromatic carbocycles. The van der Waals surface area contributed by atoms with Gasteiger partial charge in [0.1, 0.15) is 0 Å². The number of amides is 2. The molecule has 3 aliphatic rings. The fourth-order valence-electron chi connectivity index (χ4n) is 5.51. The van der Waals surface area contributed by atoms with Gasteiger partial charge in [-0.2, -0.15) is 0 Å². The largest absolute Gasteiger partial charge is 0.379 e. The first-order valence-electron chi connectivity index (χ1n) is 12.9. The van der Waals surface area contributed by atoms with Crippen LogP contribution in [0.2, 0.25) is 0 Å². The van der Waals surface area contributed by atoms with E-state index in [9.17, 15) is 19.7 Å². The quantitative estimate of drug-likeness (QED) is 0.321. The molecular weight excluding hydrogens is 450 g/mol. The summed E-state index contributed by atoms with van der Waals surface area (Å²) in [4.78, 5) is 43.0. The van der Waals surface area contributed by atoms with Gasteiger partial charge in [-0.25, -0.2) is 0 Å². The number of benzene rings is 1. The maximum atomic E-state index is 13.3. The number of nitrogens with one attached hydrogen (secondary N) is 1. The Morgan fingerprint density at radius 2 is 1.69 bits per heavy atom. The SMILES string of the molecule is O=C(NCCCN1CCOCC1)[C@H](C1CCCC1)N1CCN(C(=O)c2ccc([N+](=O)[O-])cc2)CC1. The Labute approximate surface area is 206 Å². The molecule has 0 bridgehead atoms. The molecule has 1 saturated carbocycles. The molecule has 2 heterocycles. The summed E-state index contributed by atoms with van der Waals surface area (Å²) < 4.78 is 5.39. The molecule has 35 heavy (non-hydrogen) atoms. The summed E-state index contributed by atoms with van der Waals surface area (Å²) in [5, 5.41) is 14.1. The molecule has 0 unspecified atom stereocenters. The van der Waals surface area contributed by atoms with Crippen molar-refractivity contribution in [2.45, 2.75) is 38.1 Å². The number of nitrogens with zero attached hydrogens (tertiary/aromatic N) is 4. The molecule has 1 N–H and O–H groups in total. The van der Waals surface area contributed by atoms with Crippen molar-refractivity contribution < 1.29 is 19.2 Å². The monoisotopic (exact) mass is 487 g/mol. The highest BCUT2D eigenvalue weighted by atomic mass is 16.6. The first-order valence-corrected chi connectivity index (χ1v) is 12.9. The molecule has 1 aromatic rings. The molecule has 0 aromatic heterocycles. The number of hydrogen-bond donors (Lipinski definition) is 1. The van der Waals surface area contributed by atoms with E-state index in [4.69, 9.17) is 4.74 Å². The number of carbonyl (C=O) groups is 2. The Morgan fingerprint density at radius 3 is 2.31 bits per heavy atom. The van der Waals surface area contributed by atoms with Crippen molar-refractivity contribution in [2.75, 3.05) is 65.6 Å². The van der Waals surface area contributed by atoms with Crippen molar-refractivity contribution in [3.8, 4) is 0 Å². The molecule has 1 aliphatic carbocycles. The van der Waals surface area contributed by atoms with Gasteiger partial charge < -0.3 is 15.0 Å². The first kappa shape index (κ1) is 25.5. The highest BCUT2D eigenvalue weighted by Crippen LogP contribution is 2.31. The molecular formula is C25H37N5O5. The summed E-state index contributed by atoms with van der Waals surface area (Å²) in [6.07, 6.45) is 5.43. The second-order valence-electron chi connectivity index (χ2n) is 9.72. The average molecular weight is 488 g/mol. The van der Waals surface area contributed by atoms with Crippen molar-refractivity contribution >= 4 is 17.5 Å². The molecule has 3 fully saturated rings. The Kier molecular flexibility index (Phi) is 9.06. The summed E-state index contributed by atoms with van der Waals surface area (Å²) >= 11 is 0. The lowest BCUT2D eigenvalue weighted by molar-refractivity contribution is -0.384. The zero-order valence-corrected chi connectivity index (χ0v) is 20.4. The summed E-state index contributed by atoms with van der Waals surface area (Å²) in [6, 6.07) is 5.61. The molecule has 4 rings (SSSR count). The van der Waals surface area contributed by atoms with E-state index in [1.807, 2.05) is 0 Å². The van der Waals surface area contributed by atoms with Gasteiger partial charge in [-0.15, -0.1) is 0 Å². The van der Waals surface area contributed by atoms with Crippen molar-refractivity contribution in [3.05, 3.63) is 39.9 Å². The summed E-state index contributed by atoms with van der Waals surface area (Å²) in [6.45, 7) is 7.54. The lowest BCUT2D eigenvalue weighted by atomic mass is 9.95. The number of ether oxygens (including phenoxy) is 1.